The average molecular weight is 534 g/mol. The van der Waals surface area contributed by atoms with E-state index in [0.29, 0.717) is 37.0 Å². The number of rotatable bonds is 11. The van der Waals surface area contributed by atoms with Crippen LogP contribution in [0.4, 0.5) is 5.69 Å². The third-order valence-electron chi connectivity index (χ3n) is 5.83. The molecule has 11 heteroatoms. The molecule has 0 aliphatic carbocycles. The Morgan fingerprint density at radius 3 is 2.41 bits per heavy atom. The molecule has 2 aromatic carbocycles. The summed E-state index contributed by atoms with van der Waals surface area (Å²) in [7, 11) is -2.31. The minimum Gasteiger partial charge on any atom is -0.497 e. The van der Waals surface area contributed by atoms with Gasteiger partial charge >= 0.3 is 0 Å². The molecule has 1 heterocycles. The lowest BCUT2D eigenvalue weighted by molar-refractivity contribution is -0.139. The highest BCUT2D eigenvalue weighted by atomic mass is 32.2. The molecule has 2 aromatic rings. The lowest BCUT2D eigenvalue weighted by atomic mass is 10.1. The van der Waals surface area contributed by atoms with Gasteiger partial charge in [-0.2, -0.15) is 0 Å². The first-order valence-electron chi connectivity index (χ1n) is 12.1. The number of hydrogen-bond donors (Lipinski definition) is 1. The molecule has 1 atom stereocenters. The monoisotopic (exact) mass is 533 g/mol. The van der Waals surface area contributed by atoms with Crippen molar-refractivity contribution in [3.05, 3.63) is 48.0 Å². The number of hydrogen-bond acceptors (Lipinski definition) is 7. The van der Waals surface area contributed by atoms with E-state index in [1.165, 1.54) is 11.0 Å². The maximum Gasteiger partial charge on any atom is 0.244 e. The summed E-state index contributed by atoms with van der Waals surface area (Å²) in [6.07, 6.45) is 1.03. The van der Waals surface area contributed by atoms with Gasteiger partial charge in [0, 0.05) is 19.2 Å². The van der Waals surface area contributed by atoms with Crippen molar-refractivity contribution in [3.8, 4) is 17.2 Å². The zero-order valence-corrected chi connectivity index (χ0v) is 22.7. The van der Waals surface area contributed by atoms with Crippen molar-refractivity contribution in [1.29, 1.82) is 0 Å². The fraction of sp³-hybridized carbons (Fsp3) is 0.462. The van der Waals surface area contributed by atoms with Crippen LogP contribution < -0.4 is 23.8 Å². The molecule has 1 N–H and O–H groups in total. The van der Waals surface area contributed by atoms with Crippen LogP contribution in [0.2, 0.25) is 0 Å². The number of amides is 2. The fourth-order valence-corrected chi connectivity index (χ4v) is 4.64. The van der Waals surface area contributed by atoms with Gasteiger partial charge in [0.2, 0.25) is 21.8 Å². The van der Waals surface area contributed by atoms with Gasteiger partial charge in [-0.15, -0.1) is 0 Å². The van der Waals surface area contributed by atoms with Gasteiger partial charge in [0.15, 0.2) is 11.5 Å². The van der Waals surface area contributed by atoms with E-state index < -0.39 is 28.5 Å². The number of nitrogens with zero attached hydrogens (tertiary/aromatic N) is 2. The standard InChI is InChI=1S/C26H35N3O7S/c1-18(2)15-27-26(31)19(3)28(16-20-7-6-8-22(13-20)34-4)25(30)17-29(37(5,32)33)21-9-10-23-24(14-21)36-12-11-35-23/h6-10,13-14,18-19H,11-12,15-17H2,1-5H3,(H,27,31)/t19-/m0/s1. The minimum absolute atomic E-state index is 0.0883. The Hall–Kier alpha value is -3.47. The number of carbonyl (C=O) groups is 2. The second-order valence-corrected chi connectivity index (χ2v) is 11.2. The highest BCUT2D eigenvalue weighted by molar-refractivity contribution is 7.92. The van der Waals surface area contributed by atoms with E-state index in [0.717, 1.165) is 16.1 Å². The molecule has 1 aliphatic rings. The fourth-order valence-electron chi connectivity index (χ4n) is 3.80. The molecule has 0 saturated carbocycles. The largest absolute Gasteiger partial charge is 0.497 e. The molecule has 0 saturated heterocycles. The molecule has 0 unspecified atom stereocenters. The number of nitrogens with one attached hydrogen (secondary N) is 1. The van der Waals surface area contributed by atoms with Gasteiger partial charge in [-0.25, -0.2) is 8.42 Å². The van der Waals surface area contributed by atoms with Crippen molar-refractivity contribution in [2.24, 2.45) is 5.92 Å². The van der Waals surface area contributed by atoms with E-state index >= 15 is 0 Å². The van der Waals surface area contributed by atoms with Crippen LogP contribution in [0.15, 0.2) is 42.5 Å². The quantitative estimate of drug-likeness (QED) is 0.472. The van der Waals surface area contributed by atoms with E-state index in [1.807, 2.05) is 19.9 Å². The smallest absolute Gasteiger partial charge is 0.244 e. The number of fused-ring (bicyclic) bond motifs is 1. The summed E-state index contributed by atoms with van der Waals surface area (Å²) in [6.45, 7) is 6.36. The predicted octanol–water partition coefficient (Wildman–Crippen LogP) is 2.42. The molecule has 1 aliphatic heterocycles. The van der Waals surface area contributed by atoms with Crippen LogP contribution in [0, 0.1) is 5.92 Å². The summed E-state index contributed by atoms with van der Waals surface area (Å²) < 4.78 is 42.9. The van der Waals surface area contributed by atoms with Gasteiger partial charge in [0.05, 0.1) is 19.1 Å². The molecule has 0 radical (unpaired) electrons. The Labute approximate surface area is 218 Å². The highest BCUT2D eigenvalue weighted by Crippen LogP contribution is 2.34. The molecule has 0 fully saturated rings. The zero-order chi connectivity index (χ0) is 27.2. The number of ether oxygens (including phenoxy) is 3. The number of methoxy groups -OCH3 is 1. The summed E-state index contributed by atoms with van der Waals surface area (Å²) in [5.74, 6) is 0.889. The molecule has 0 bridgehead atoms. The molecule has 202 valence electrons. The van der Waals surface area contributed by atoms with Crippen LogP contribution in [0.3, 0.4) is 0 Å². The van der Waals surface area contributed by atoms with Crippen LogP contribution in [-0.4, -0.2) is 70.8 Å². The van der Waals surface area contributed by atoms with Crippen molar-refractivity contribution >= 4 is 27.5 Å². The highest BCUT2D eigenvalue weighted by Gasteiger charge is 2.30. The van der Waals surface area contributed by atoms with Crippen molar-refractivity contribution < 1.29 is 32.2 Å². The third kappa shape index (κ3) is 7.51. The summed E-state index contributed by atoms with van der Waals surface area (Å²) in [5.41, 5.74) is 1.000. The Bertz CT molecular complexity index is 1220. The average Bonchev–Trinajstić information content (AvgIpc) is 2.87. The van der Waals surface area contributed by atoms with Gasteiger partial charge in [0.25, 0.3) is 0 Å². The number of carbonyl (C=O) groups excluding carboxylic acids is 2. The lowest BCUT2D eigenvalue weighted by Crippen LogP contribution is -2.51. The second-order valence-electron chi connectivity index (χ2n) is 9.29. The minimum atomic E-state index is -3.86. The first-order chi connectivity index (χ1) is 17.5. The molecule has 3 rings (SSSR count). The zero-order valence-electron chi connectivity index (χ0n) is 21.9. The Balaban J connectivity index is 1.91. The van der Waals surface area contributed by atoms with Crippen molar-refractivity contribution in [2.75, 3.05) is 44.0 Å². The predicted molar refractivity (Wildman–Crippen MR) is 140 cm³/mol. The maximum atomic E-state index is 13.7. The Morgan fingerprint density at radius 2 is 1.76 bits per heavy atom. The first kappa shape index (κ1) is 28.1. The van der Waals surface area contributed by atoms with Gasteiger partial charge in [-0.1, -0.05) is 26.0 Å². The lowest BCUT2D eigenvalue weighted by Gasteiger charge is -2.32. The number of sulfonamides is 1. The van der Waals surface area contributed by atoms with Crippen molar-refractivity contribution in [1.82, 2.24) is 10.2 Å². The van der Waals surface area contributed by atoms with Crippen LogP contribution in [0.25, 0.3) is 0 Å². The van der Waals surface area contributed by atoms with Crippen LogP contribution in [0.1, 0.15) is 26.3 Å². The maximum absolute atomic E-state index is 13.7. The number of anilines is 1. The summed E-state index contributed by atoms with van der Waals surface area (Å²) >= 11 is 0. The summed E-state index contributed by atoms with van der Waals surface area (Å²) in [6, 6.07) is 11.0. The number of benzene rings is 2. The molecule has 10 nitrogen and oxygen atoms in total. The topological polar surface area (TPSA) is 114 Å². The van der Waals surface area contributed by atoms with E-state index in [-0.39, 0.29) is 24.1 Å². The van der Waals surface area contributed by atoms with E-state index in [9.17, 15) is 18.0 Å². The second kappa shape index (κ2) is 12.2. The van der Waals surface area contributed by atoms with Crippen LogP contribution in [-0.2, 0) is 26.2 Å². The van der Waals surface area contributed by atoms with Crippen LogP contribution >= 0.6 is 0 Å². The van der Waals surface area contributed by atoms with Crippen molar-refractivity contribution in [2.45, 2.75) is 33.4 Å². The third-order valence-corrected chi connectivity index (χ3v) is 6.97. The molecular weight excluding hydrogens is 498 g/mol. The normalized spacial score (nSPS) is 13.6. The van der Waals surface area contributed by atoms with E-state index in [4.69, 9.17) is 14.2 Å². The van der Waals surface area contributed by atoms with E-state index in [2.05, 4.69) is 5.32 Å². The SMILES string of the molecule is COc1cccc(CN(C(=O)CN(c2ccc3c(c2)OCCO3)S(C)(=O)=O)[C@@H](C)C(=O)NCC(C)C)c1. The van der Waals surface area contributed by atoms with Crippen LogP contribution in [0.5, 0.6) is 17.2 Å². The summed E-state index contributed by atoms with van der Waals surface area (Å²) in [5, 5.41) is 2.86. The van der Waals surface area contributed by atoms with E-state index in [1.54, 1.807) is 44.4 Å². The molecule has 0 aromatic heterocycles. The molecule has 0 spiro atoms. The molecule has 37 heavy (non-hydrogen) atoms. The van der Waals surface area contributed by atoms with Gasteiger partial charge < -0.3 is 24.4 Å². The summed E-state index contributed by atoms with van der Waals surface area (Å²) in [4.78, 5) is 28.0. The Kier molecular flexibility index (Phi) is 9.25. The molecule has 2 amide bonds. The Morgan fingerprint density at radius 1 is 1.05 bits per heavy atom. The first-order valence-corrected chi connectivity index (χ1v) is 13.9. The van der Waals surface area contributed by atoms with Gasteiger partial charge in [-0.05, 0) is 42.7 Å². The van der Waals surface area contributed by atoms with Gasteiger partial charge in [0.1, 0.15) is 31.5 Å². The van der Waals surface area contributed by atoms with Gasteiger partial charge in [-0.3, -0.25) is 13.9 Å². The molecular formula is C26H35N3O7S. The van der Waals surface area contributed by atoms with Crippen molar-refractivity contribution in [3.63, 3.8) is 0 Å².